The molecule has 5 rings (SSSR count). The zero-order chi connectivity index (χ0) is 36.9. The fourth-order valence-corrected chi connectivity index (χ4v) is 9.31. The lowest BCUT2D eigenvalue weighted by Gasteiger charge is -2.49. The molecule has 4 atom stereocenters. The van der Waals surface area contributed by atoms with Gasteiger partial charge in [0.2, 0.25) is 15.9 Å². The molecule has 2 saturated heterocycles. The third kappa shape index (κ3) is 9.08. The number of nitrogens with zero attached hydrogens (tertiary/aromatic N) is 5. The number of azide groups is 1. The van der Waals surface area contributed by atoms with Crippen LogP contribution in [-0.4, -0.2) is 73.5 Å². The normalized spacial score (nSPS) is 20.7. The van der Waals surface area contributed by atoms with E-state index < -0.39 is 51.6 Å². The Bertz CT molecular complexity index is 1830. The van der Waals surface area contributed by atoms with Crippen molar-refractivity contribution in [3.05, 3.63) is 105 Å². The number of rotatable bonds is 11. The Morgan fingerprint density at radius 1 is 1.06 bits per heavy atom. The molecule has 1 N–H and O–H groups in total. The number of piperazine rings is 1. The highest BCUT2D eigenvalue weighted by molar-refractivity contribution is 7.89. The minimum absolute atomic E-state index is 0.0207. The molecule has 0 spiro atoms. The number of hydrogen-bond acceptors (Lipinski definition) is 6. The first-order valence-electron chi connectivity index (χ1n) is 17.2. The summed E-state index contributed by atoms with van der Waals surface area (Å²) in [5, 5.41) is 7.36. The first-order valence-corrected chi connectivity index (χ1v) is 19.0. The molecule has 2 heterocycles. The van der Waals surface area contributed by atoms with Crippen LogP contribution in [0.5, 0.6) is 0 Å². The summed E-state index contributed by atoms with van der Waals surface area (Å²) in [6.45, 7) is 9.89. The number of anilines is 1. The van der Waals surface area contributed by atoms with Gasteiger partial charge in [-0.1, -0.05) is 34.9 Å². The minimum Gasteiger partial charge on any atom is -0.381 e. The SMILES string of the molecule is C[C@@H]1CN(C(C)(C)C)C[C@H](CCc2c(F)cccc2NC(=O)[C@@H](N=[N+]=[N-])[C@@H](c2ccc(Cl)cc2)C2CCOCC2)N1S(=O)(=O)c1ccc(F)cc1. The van der Waals surface area contributed by atoms with Crippen molar-refractivity contribution < 1.29 is 26.7 Å². The maximum atomic E-state index is 15.7. The van der Waals surface area contributed by atoms with Gasteiger partial charge in [0.05, 0.1) is 4.90 Å². The van der Waals surface area contributed by atoms with E-state index in [1.54, 1.807) is 18.2 Å². The Morgan fingerprint density at radius 2 is 1.73 bits per heavy atom. The number of halogens is 3. The quantitative estimate of drug-likeness (QED) is 0.121. The summed E-state index contributed by atoms with van der Waals surface area (Å²) >= 11 is 6.17. The monoisotopic (exact) mass is 742 g/mol. The van der Waals surface area contributed by atoms with E-state index in [1.807, 2.05) is 19.1 Å². The molecule has 10 nitrogen and oxygen atoms in total. The van der Waals surface area contributed by atoms with E-state index in [2.05, 4.69) is 41.0 Å². The van der Waals surface area contributed by atoms with Crippen LogP contribution < -0.4 is 5.32 Å². The highest BCUT2D eigenvalue weighted by Crippen LogP contribution is 2.38. The molecule has 51 heavy (non-hydrogen) atoms. The maximum Gasteiger partial charge on any atom is 0.243 e. The lowest BCUT2D eigenvalue weighted by molar-refractivity contribution is -0.118. The van der Waals surface area contributed by atoms with Crippen molar-refractivity contribution in [2.24, 2.45) is 11.0 Å². The molecule has 2 fully saturated rings. The Labute approximate surface area is 303 Å². The van der Waals surface area contributed by atoms with Crippen LogP contribution in [0.25, 0.3) is 10.4 Å². The van der Waals surface area contributed by atoms with Gasteiger partial charge in [-0.2, -0.15) is 4.31 Å². The van der Waals surface area contributed by atoms with Crippen molar-refractivity contribution in [3.63, 3.8) is 0 Å². The topological polar surface area (TPSA) is 128 Å². The minimum atomic E-state index is -4.04. The average molecular weight is 743 g/mol. The van der Waals surface area contributed by atoms with Crippen molar-refractivity contribution in [1.82, 2.24) is 9.21 Å². The number of sulfonamides is 1. The highest BCUT2D eigenvalue weighted by Gasteiger charge is 2.43. The molecule has 0 unspecified atom stereocenters. The zero-order valence-corrected chi connectivity index (χ0v) is 30.9. The van der Waals surface area contributed by atoms with Crippen molar-refractivity contribution >= 4 is 33.2 Å². The van der Waals surface area contributed by atoms with Gasteiger partial charge >= 0.3 is 0 Å². The number of carbonyl (C=O) groups is 1. The van der Waals surface area contributed by atoms with Gasteiger partial charge in [-0.25, -0.2) is 17.2 Å². The summed E-state index contributed by atoms with van der Waals surface area (Å²) in [5.74, 6) is -2.20. The van der Waals surface area contributed by atoms with Gasteiger partial charge in [-0.05, 0) is 119 Å². The van der Waals surface area contributed by atoms with Crippen LogP contribution in [0, 0.1) is 17.6 Å². The van der Waals surface area contributed by atoms with E-state index in [1.165, 1.54) is 28.6 Å². The van der Waals surface area contributed by atoms with Gasteiger partial charge < -0.3 is 10.1 Å². The van der Waals surface area contributed by atoms with Crippen LogP contribution in [0.3, 0.4) is 0 Å². The predicted octanol–water partition coefficient (Wildman–Crippen LogP) is 7.94. The average Bonchev–Trinajstić information content (AvgIpc) is 3.08. The van der Waals surface area contributed by atoms with Crippen molar-refractivity contribution in [1.29, 1.82) is 0 Å². The maximum absolute atomic E-state index is 15.7. The molecular formula is C37H45ClF2N6O4S. The van der Waals surface area contributed by atoms with Gasteiger partial charge in [0.1, 0.15) is 17.7 Å². The second-order valence-electron chi connectivity index (χ2n) is 14.3. The van der Waals surface area contributed by atoms with Crippen LogP contribution in [0.2, 0.25) is 5.02 Å². The summed E-state index contributed by atoms with van der Waals surface area (Å²) in [6, 6.07) is 14.1. The molecule has 1 amide bonds. The largest absolute Gasteiger partial charge is 0.381 e. The second-order valence-corrected chi connectivity index (χ2v) is 16.6. The molecule has 3 aromatic rings. The Hall–Kier alpha value is -3.58. The number of nitrogens with one attached hydrogen (secondary N) is 1. The van der Waals surface area contributed by atoms with E-state index in [0.29, 0.717) is 44.2 Å². The number of carbonyl (C=O) groups excluding carboxylic acids is 1. The molecular weight excluding hydrogens is 698 g/mol. The fourth-order valence-electron chi connectivity index (χ4n) is 7.36. The first kappa shape index (κ1) is 38.6. The Balaban J connectivity index is 1.44. The van der Waals surface area contributed by atoms with Gasteiger partial charge in [0.15, 0.2) is 0 Å². The molecule has 2 aliphatic rings. The molecule has 0 radical (unpaired) electrons. The molecule has 0 saturated carbocycles. The molecule has 2 aliphatic heterocycles. The number of hydrogen-bond donors (Lipinski definition) is 1. The summed E-state index contributed by atoms with van der Waals surface area (Å²) in [6.07, 6.45) is 1.65. The van der Waals surface area contributed by atoms with Crippen molar-refractivity contribution in [3.8, 4) is 0 Å². The van der Waals surface area contributed by atoms with Gasteiger partial charge in [0, 0.05) is 71.0 Å². The van der Waals surface area contributed by atoms with Crippen LogP contribution in [-0.2, 0) is 26.0 Å². The van der Waals surface area contributed by atoms with Crippen LogP contribution >= 0.6 is 11.6 Å². The van der Waals surface area contributed by atoms with E-state index in [-0.39, 0.29) is 40.4 Å². The first-order chi connectivity index (χ1) is 24.2. The van der Waals surface area contributed by atoms with E-state index in [4.69, 9.17) is 16.3 Å². The highest BCUT2D eigenvalue weighted by atomic mass is 35.5. The number of ether oxygens (including phenoxy) is 1. The molecule has 3 aromatic carbocycles. The van der Waals surface area contributed by atoms with Gasteiger partial charge in [0.25, 0.3) is 0 Å². The molecule has 0 bridgehead atoms. The standard InChI is InChI=1S/C37H45ClF2N6O4S/c1-24-22-45(37(2,3)4)23-29(46(24)51(48,49)30-15-12-28(39)13-16-30)14-17-31-32(40)6-5-7-33(31)42-36(47)35(43-44-41)34(26-18-20-50-21-19-26)25-8-10-27(38)11-9-25/h5-13,15-16,24,26,29,34-35H,14,17-23H2,1-4H3,(H,42,47)/t24-,29+,34+,35+/m1/s1. The van der Waals surface area contributed by atoms with Crippen LogP contribution in [0.15, 0.2) is 76.7 Å². The van der Waals surface area contributed by atoms with E-state index in [9.17, 15) is 23.1 Å². The van der Waals surface area contributed by atoms with Crippen LogP contribution in [0.1, 0.15) is 64.0 Å². The van der Waals surface area contributed by atoms with Crippen LogP contribution in [0.4, 0.5) is 14.5 Å². The van der Waals surface area contributed by atoms with Crippen molar-refractivity contribution in [2.75, 3.05) is 31.6 Å². The summed E-state index contributed by atoms with van der Waals surface area (Å²) < 4.78 is 64.5. The third-order valence-electron chi connectivity index (χ3n) is 9.97. The fraction of sp³-hybridized carbons (Fsp3) is 0.486. The molecule has 0 aliphatic carbocycles. The molecule has 14 heteroatoms. The van der Waals surface area contributed by atoms with E-state index >= 15 is 4.39 Å². The lowest BCUT2D eigenvalue weighted by atomic mass is 9.76. The lowest BCUT2D eigenvalue weighted by Crippen LogP contribution is -2.63. The Kier molecular flexibility index (Phi) is 12.4. The van der Waals surface area contributed by atoms with Gasteiger partial charge in [-0.3, -0.25) is 9.69 Å². The zero-order valence-electron chi connectivity index (χ0n) is 29.3. The predicted molar refractivity (Wildman–Crippen MR) is 194 cm³/mol. The molecule has 0 aromatic heterocycles. The van der Waals surface area contributed by atoms with E-state index in [0.717, 1.165) is 17.7 Å². The van der Waals surface area contributed by atoms with Crippen molar-refractivity contribution in [2.45, 2.75) is 87.9 Å². The number of benzene rings is 3. The summed E-state index contributed by atoms with van der Waals surface area (Å²) in [5.41, 5.74) is 10.5. The number of amides is 1. The summed E-state index contributed by atoms with van der Waals surface area (Å²) in [7, 11) is -4.04. The van der Waals surface area contributed by atoms with Gasteiger partial charge in [-0.15, -0.1) is 0 Å². The molecule has 274 valence electrons. The second kappa shape index (κ2) is 16.4. The smallest absolute Gasteiger partial charge is 0.243 e. The summed E-state index contributed by atoms with van der Waals surface area (Å²) in [4.78, 5) is 19.3. The third-order valence-corrected chi connectivity index (χ3v) is 12.3. The Morgan fingerprint density at radius 3 is 2.35 bits per heavy atom.